The summed E-state index contributed by atoms with van der Waals surface area (Å²) in [5.41, 5.74) is 0.0589. The average molecular weight is 303 g/mol. The first-order valence-electron chi connectivity index (χ1n) is 6.10. The number of alkyl halides is 2. The van der Waals surface area contributed by atoms with Crippen LogP contribution in [0.25, 0.3) is 0 Å². The summed E-state index contributed by atoms with van der Waals surface area (Å²) < 4.78 is 38.1. The Hall–Kier alpha value is -2.22. The first-order valence-corrected chi connectivity index (χ1v) is 6.10. The van der Waals surface area contributed by atoms with E-state index in [-0.39, 0.29) is 18.0 Å². The van der Waals surface area contributed by atoms with Crippen LogP contribution in [0.2, 0.25) is 0 Å². The predicted molar refractivity (Wildman–Crippen MR) is 69.2 cm³/mol. The van der Waals surface area contributed by atoms with Gasteiger partial charge in [0.1, 0.15) is 12.4 Å². The van der Waals surface area contributed by atoms with Crippen LogP contribution in [0, 0.1) is 0 Å². The molecule has 0 atom stereocenters. The Morgan fingerprint density at radius 3 is 2.62 bits per heavy atom. The number of para-hydroxylation sites is 2. The van der Waals surface area contributed by atoms with Gasteiger partial charge in [-0.15, -0.1) is 0 Å². The summed E-state index contributed by atoms with van der Waals surface area (Å²) in [5, 5.41) is 2.31. The van der Waals surface area contributed by atoms with E-state index < -0.39 is 25.1 Å². The molecule has 21 heavy (non-hydrogen) atoms. The van der Waals surface area contributed by atoms with E-state index >= 15 is 0 Å². The third-order valence-electron chi connectivity index (χ3n) is 2.17. The second-order valence-electron chi connectivity index (χ2n) is 3.72. The highest BCUT2D eigenvalue weighted by atomic mass is 19.3. The molecule has 1 aromatic carbocycles. The van der Waals surface area contributed by atoms with Crippen molar-refractivity contribution in [2.75, 3.05) is 25.1 Å². The highest BCUT2D eigenvalue weighted by Crippen LogP contribution is 2.25. The molecule has 1 rings (SSSR count). The van der Waals surface area contributed by atoms with Gasteiger partial charge in [-0.2, -0.15) is 8.78 Å². The van der Waals surface area contributed by atoms with E-state index in [2.05, 4.69) is 14.8 Å². The molecular formula is C13H15F2NO5. The van der Waals surface area contributed by atoms with Crippen LogP contribution >= 0.6 is 0 Å². The van der Waals surface area contributed by atoms with E-state index in [0.717, 1.165) is 0 Å². The van der Waals surface area contributed by atoms with Crippen LogP contribution in [0.5, 0.6) is 5.75 Å². The number of esters is 1. The van der Waals surface area contributed by atoms with Gasteiger partial charge in [-0.05, 0) is 19.1 Å². The van der Waals surface area contributed by atoms with Gasteiger partial charge < -0.3 is 19.5 Å². The van der Waals surface area contributed by atoms with Crippen LogP contribution in [0.15, 0.2) is 24.3 Å². The van der Waals surface area contributed by atoms with Gasteiger partial charge in [0, 0.05) is 6.61 Å². The molecular weight excluding hydrogens is 288 g/mol. The second kappa shape index (κ2) is 8.85. The summed E-state index contributed by atoms with van der Waals surface area (Å²) in [6.45, 7) is -1.75. The molecule has 0 saturated carbocycles. The van der Waals surface area contributed by atoms with Gasteiger partial charge in [0.2, 0.25) is 0 Å². The van der Waals surface area contributed by atoms with Crippen molar-refractivity contribution >= 4 is 17.6 Å². The largest absolute Gasteiger partial charge is 0.454 e. The first kappa shape index (κ1) is 16.8. The van der Waals surface area contributed by atoms with Gasteiger partial charge in [-0.1, -0.05) is 12.1 Å². The van der Waals surface area contributed by atoms with Crippen LogP contribution in [0.1, 0.15) is 6.92 Å². The molecule has 0 saturated heterocycles. The fourth-order valence-electron chi connectivity index (χ4n) is 1.33. The maximum Gasteiger partial charge on any atom is 0.387 e. The number of ether oxygens (including phenoxy) is 3. The van der Waals surface area contributed by atoms with E-state index in [1.54, 1.807) is 6.92 Å². The highest BCUT2D eigenvalue weighted by Gasteiger charge is 2.13. The van der Waals surface area contributed by atoms with Crippen molar-refractivity contribution in [2.45, 2.75) is 13.5 Å². The maximum absolute atomic E-state index is 12.2. The SMILES string of the molecule is CCOCC(=O)OCC(=O)Nc1ccccc1OC(F)F. The summed E-state index contributed by atoms with van der Waals surface area (Å²) in [6.07, 6.45) is 0. The quantitative estimate of drug-likeness (QED) is 0.741. The zero-order valence-electron chi connectivity index (χ0n) is 11.3. The zero-order valence-corrected chi connectivity index (χ0v) is 11.3. The molecule has 116 valence electrons. The molecule has 0 heterocycles. The summed E-state index contributed by atoms with van der Waals surface area (Å²) in [6, 6.07) is 5.69. The summed E-state index contributed by atoms with van der Waals surface area (Å²) in [7, 11) is 0. The topological polar surface area (TPSA) is 73.9 Å². The van der Waals surface area contributed by atoms with E-state index in [0.29, 0.717) is 6.61 Å². The van der Waals surface area contributed by atoms with Gasteiger partial charge in [0.15, 0.2) is 6.61 Å². The second-order valence-corrected chi connectivity index (χ2v) is 3.72. The Labute approximate surface area is 120 Å². The minimum Gasteiger partial charge on any atom is -0.454 e. The summed E-state index contributed by atoms with van der Waals surface area (Å²) >= 11 is 0. The Kier molecular flexibility index (Phi) is 7.10. The molecule has 0 unspecified atom stereocenters. The Morgan fingerprint density at radius 1 is 1.24 bits per heavy atom. The van der Waals surface area contributed by atoms with Crippen LogP contribution < -0.4 is 10.1 Å². The van der Waals surface area contributed by atoms with Crippen molar-refractivity contribution in [3.63, 3.8) is 0 Å². The Bertz CT molecular complexity index is 481. The lowest BCUT2D eigenvalue weighted by Gasteiger charge is -2.11. The van der Waals surface area contributed by atoms with Crippen molar-refractivity contribution in [2.24, 2.45) is 0 Å². The minimum absolute atomic E-state index is 0.0589. The smallest absolute Gasteiger partial charge is 0.387 e. The molecule has 0 spiro atoms. The fraction of sp³-hybridized carbons (Fsp3) is 0.385. The third kappa shape index (κ3) is 6.66. The predicted octanol–water partition coefficient (Wildman–Crippen LogP) is 1.81. The van der Waals surface area contributed by atoms with Crippen molar-refractivity contribution in [3.8, 4) is 5.75 Å². The number of benzene rings is 1. The van der Waals surface area contributed by atoms with Gasteiger partial charge in [-0.3, -0.25) is 4.79 Å². The van der Waals surface area contributed by atoms with Crippen LogP contribution in [-0.2, 0) is 19.1 Å². The number of nitrogens with one attached hydrogen (secondary N) is 1. The number of hydrogen-bond donors (Lipinski definition) is 1. The monoisotopic (exact) mass is 303 g/mol. The molecule has 0 bridgehead atoms. The van der Waals surface area contributed by atoms with Gasteiger partial charge >= 0.3 is 12.6 Å². The molecule has 1 aromatic rings. The van der Waals surface area contributed by atoms with Crippen LogP contribution in [0.3, 0.4) is 0 Å². The van der Waals surface area contributed by atoms with Crippen LogP contribution in [-0.4, -0.2) is 38.3 Å². The van der Waals surface area contributed by atoms with Crippen LogP contribution in [0.4, 0.5) is 14.5 Å². The first-order chi connectivity index (χ1) is 10.0. The van der Waals surface area contributed by atoms with E-state index in [4.69, 9.17) is 4.74 Å². The number of halogens is 2. The molecule has 1 N–H and O–H groups in total. The molecule has 1 amide bonds. The lowest BCUT2D eigenvalue weighted by atomic mass is 10.3. The normalized spacial score (nSPS) is 10.3. The average Bonchev–Trinajstić information content (AvgIpc) is 2.44. The lowest BCUT2D eigenvalue weighted by molar-refractivity contribution is -0.151. The van der Waals surface area contributed by atoms with Crippen molar-refractivity contribution < 1.29 is 32.6 Å². The summed E-state index contributed by atoms with van der Waals surface area (Å²) in [4.78, 5) is 22.7. The number of carbonyl (C=O) groups is 2. The van der Waals surface area contributed by atoms with E-state index in [9.17, 15) is 18.4 Å². The third-order valence-corrected chi connectivity index (χ3v) is 2.17. The molecule has 0 aliphatic heterocycles. The van der Waals surface area contributed by atoms with Gasteiger partial charge in [-0.25, -0.2) is 4.79 Å². The minimum atomic E-state index is -3.01. The number of rotatable bonds is 8. The molecule has 0 aliphatic carbocycles. The van der Waals surface area contributed by atoms with Crippen molar-refractivity contribution in [1.82, 2.24) is 0 Å². The molecule has 0 fully saturated rings. The molecule has 0 radical (unpaired) electrons. The molecule has 0 aliphatic rings. The van der Waals surface area contributed by atoms with Crippen molar-refractivity contribution in [3.05, 3.63) is 24.3 Å². The molecule has 6 nitrogen and oxygen atoms in total. The van der Waals surface area contributed by atoms with Gasteiger partial charge in [0.25, 0.3) is 5.91 Å². The zero-order chi connectivity index (χ0) is 15.7. The summed E-state index contributed by atoms with van der Waals surface area (Å²) in [5.74, 6) is -1.55. The molecule has 0 aromatic heterocycles. The van der Waals surface area contributed by atoms with E-state index in [1.165, 1.54) is 24.3 Å². The number of hydrogen-bond acceptors (Lipinski definition) is 5. The number of anilines is 1. The Balaban J connectivity index is 2.49. The Morgan fingerprint density at radius 2 is 1.95 bits per heavy atom. The lowest BCUT2D eigenvalue weighted by Crippen LogP contribution is -2.23. The standard InChI is InChI=1S/C13H15F2NO5/c1-2-19-8-12(18)20-7-11(17)16-9-5-3-4-6-10(9)21-13(14)15/h3-6,13H,2,7-8H2,1H3,(H,16,17). The number of carbonyl (C=O) groups excluding carboxylic acids is 2. The fourth-order valence-corrected chi connectivity index (χ4v) is 1.33. The molecule has 8 heteroatoms. The van der Waals surface area contributed by atoms with Crippen molar-refractivity contribution in [1.29, 1.82) is 0 Å². The van der Waals surface area contributed by atoms with E-state index in [1.807, 2.05) is 0 Å². The number of amides is 1. The highest BCUT2D eigenvalue weighted by molar-refractivity contribution is 5.94. The van der Waals surface area contributed by atoms with Gasteiger partial charge in [0.05, 0.1) is 5.69 Å². The maximum atomic E-state index is 12.2.